The summed E-state index contributed by atoms with van der Waals surface area (Å²) in [6.07, 6.45) is 7.69. The zero-order chi connectivity index (χ0) is 24.5. The van der Waals surface area contributed by atoms with Gasteiger partial charge in [0.2, 0.25) is 0 Å². The van der Waals surface area contributed by atoms with Crippen molar-refractivity contribution in [2.75, 3.05) is 0 Å². The van der Waals surface area contributed by atoms with Gasteiger partial charge >= 0.3 is 0 Å². The Morgan fingerprint density at radius 1 is 0.500 bits per heavy atom. The van der Waals surface area contributed by atoms with Crippen LogP contribution >= 0.6 is 0 Å². The van der Waals surface area contributed by atoms with Gasteiger partial charge in [0, 0.05) is 34.2 Å². The Bertz CT molecular complexity index is 1600. The Labute approximate surface area is 211 Å². The van der Waals surface area contributed by atoms with Crippen molar-refractivity contribution >= 4 is 32.7 Å². The highest BCUT2D eigenvalue weighted by Gasteiger charge is 2.05. The summed E-state index contributed by atoms with van der Waals surface area (Å²) >= 11 is 0. The molecule has 0 atom stereocenters. The van der Waals surface area contributed by atoms with Crippen LogP contribution < -0.4 is 0 Å². The zero-order valence-electron chi connectivity index (χ0n) is 20.7. The summed E-state index contributed by atoms with van der Waals surface area (Å²) in [5.74, 6) is 0.806. The molecule has 0 aliphatic rings. The minimum absolute atomic E-state index is 0.806. The maximum absolute atomic E-state index is 4.88. The molecule has 3 aromatic heterocycles. The molecule has 0 spiro atoms. The van der Waals surface area contributed by atoms with Gasteiger partial charge < -0.3 is 0 Å². The number of hydrogen-bond donors (Lipinski definition) is 0. The second-order valence-electron chi connectivity index (χ2n) is 9.68. The van der Waals surface area contributed by atoms with Gasteiger partial charge in [0.25, 0.3) is 0 Å². The standard InChI is InChI=1S/C32H28N4/c1-21-3-9-26-11-13-29(36-31(26)15-21)12-7-23-8-14-30-28(16-23)17-25(19-34-30)5-4-24-6-10-27-20-33-22(2)35-32(27)18-24/h3,6,8-11,13-20H,4-5,7,12H2,1-2H3. The summed E-state index contributed by atoms with van der Waals surface area (Å²) in [6, 6.07) is 26.1. The summed E-state index contributed by atoms with van der Waals surface area (Å²) in [6.45, 7) is 4.04. The lowest BCUT2D eigenvalue weighted by Gasteiger charge is -2.08. The summed E-state index contributed by atoms with van der Waals surface area (Å²) in [5, 5.41) is 3.48. The zero-order valence-corrected chi connectivity index (χ0v) is 20.7. The maximum Gasteiger partial charge on any atom is 0.125 e. The first-order valence-corrected chi connectivity index (χ1v) is 12.6. The van der Waals surface area contributed by atoms with Crippen molar-refractivity contribution in [1.29, 1.82) is 0 Å². The Kier molecular flexibility index (Phi) is 5.86. The monoisotopic (exact) mass is 468 g/mol. The Morgan fingerprint density at radius 2 is 1.22 bits per heavy atom. The number of aryl methyl sites for hydroxylation is 6. The molecule has 36 heavy (non-hydrogen) atoms. The number of pyridine rings is 2. The highest BCUT2D eigenvalue weighted by Crippen LogP contribution is 2.20. The highest BCUT2D eigenvalue weighted by atomic mass is 14.9. The van der Waals surface area contributed by atoms with Crippen LogP contribution in [0.3, 0.4) is 0 Å². The van der Waals surface area contributed by atoms with Gasteiger partial charge in [-0.2, -0.15) is 0 Å². The SMILES string of the molecule is Cc1ccc2ccc(CCc3ccc4ncc(CCc5ccc6cnc(C)nc6c5)cc4c3)nc2c1. The van der Waals surface area contributed by atoms with E-state index in [4.69, 9.17) is 9.97 Å². The van der Waals surface area contributed by atoms with E-state index in [9.17, 15) is 0 Å². The van der Waals surface area contributed by atoms with Gasteiger partial charge in [0.05, 0.1) is 16.6 Å². The van der Waals surface area contributed by atoms with Crippen molar-refractivity contribution in [1.82, 2.24) is 19.9 Å². The number of benzene rings is 3. The van der Waals surface area contributed by atoms with Crippen molar-refractivity contribution in [3.63, 3.8) is 0 Å². The van der Waals surface area contributed by atoms with E-state index in [1.807, 2.05) is 19.3 Å². The van der Waals surface area contributed by atoms with Gasteiger partial charge in [-0.05, 0) is 98.2 Å². The Hall–Kier alpha value is -4.18. The van der Waals surface area contributed by atoms with E-state index in [-0.39, 0.29) is 0 Å². The first-order valence-electron chi connectivity index (χ1n) is 12.6. The molecule has 0 unspecified atom stereocenters. The lowest BCUT2D eigenvalue weighted by molar-refractivity contribution is 0.923. The molecule has 0 aliphatic heterocycles. The number of rotatable bonds is 6. The molecule has 0 fully saturated rings. The van der Waals surface area contributed by atoms with Crippen LogP contribution in [-0.2, 0) is 25.7 Å². The van der Waals surface area contributed by atoms with Crippen molar-refractivity contribution < 1.29 is 0 Å². The first kappa shape index (κ1) is 22.3. The third-order valence-electron chi connectivity index (χ3n) is 6.85. The molecular weight excluding hydrogens is 440 g/mol. The molecule has 0 aliphatic carbocycles. The fourth-order valence-corrected chi connectivity index (χ4v) is 4.81. The predicted molar refractivity (Wildman–Crippen MR) is 147 cm³/mol. The molecule has 4 nitrogen and oxygen atoms in total. The maximum atomic E-state index is 4.88. The number of nitrogens with zero attached hydrogens (tertiary/aromatic N) is 4. The van der Waals surface area contributed by atoms with Crippen molar-refractivity contribution in [3.8, 4) is 0 Å². The fraction of sp³-hybridized carbons (Fsp3) is 0.188. The third-order valence-corrected chi connectivity index (χ3v) is 6.85. The van der Waals surface area contributed by atoms with E-state index < -0.39 is 0 Å². The van der Waals surface area contributed by atoms with Crippen LogP contribution in [0.15, 0.2) is 85.2 Å². The topological polar surface area (TPSA) is 51.6 Å². The van der Waals surface area contributed by atoms with Crippen LogP contribution in [0.1, 0.15) is 33.8 Å². The van der Waals surface area contributed by atoms with E-state index in [1.165, 1.54) is 33.0 Å². The van der Waals surface area contributed by atoms with Crippen molar-refractivity contribution in [3.05, 3.63) is 119 Å². The predicted octanol–water partition coefficient (Wildman–Crippen LogP) is 6.91. The third kappa shape index (κ3) is 4.80. The minimum Gasteiger partial charge on any atom is -0.256 e. The molecule has 6 aromatic rings. The Balaban J connectivity index is 1.16. The molecule has 6 rings (SSSR count). The molecule has 176 valence electrons. The van der Waals surface area contributed by atoms with Crippen molar-refractivity contribution in [2.24, 2.45) is 0 Å². The average molecular weight is 469 g/mol. The van der Waals surface area contributed by atoms with E-state index >= 15 is 0 Å². The largest absolute Gasteiger partial charge is 0.256 e. The van der Waals surface area contributed by atoms with E-state index in [2.05, 4.69) is 89.7 Å². The van der Waals surface area contributed by atoms with Gasteiger partial charge in [-0.25, -0.2) is 9.97 Å². The molecule has 0 amide bonds. The van der Waals surface area contributed by atoms with E-state index in [0.717, 1.165) is 59.1 Å². The second-order valence-corrected chi connectivity index (χ2v) is 9.68. The fourth-order valence-electron chi connectivity index (χ4n) is 4.81. The molecule has 0 N–H and O–H groups in total. The van der Waals surface area contributed by atoms with E-state index in [1.54, 1.807) is 0 Å². The van der Waals surface area contributed by atoms with Gasteiger partial charge in [-0.15, -0.1) is 0 Å². The molecule has 0 radical (unpaired) electrons. The van der Waals surface area contributed by atoms with Gasteiger partial charge in [-0.1, -0.05) is 36.4 Å². The molecule has 0 bridgehead atoms. The number of aromatic nitrogens is 4. The molecule has 4 heteroatoms. The van der Waals surface area contributed by atoms with E-state index in [0.29, 0.717) is 0 Å². The molecule has 3 heterocycles. The van der Waals surface area contributed by atoms with Gasteiger partial charge in [-0.3, -0.25) is 9.97 Å². The van der Waals surface area contributed by atoms with Crippen LogP contribution in [-0.4, -0.2) is 19.9 Å². The number of hydrogen-bond acceptors (Lipinski definition) is 4. The Morgan fingerprint density at radius 3 is 2.17 bits per heavy atom. The smallest absolute Gasteiger partial charge is 0.125 e. The van der Waals surface area contributed by atoms with Crippen LogP contribution in [0.5, 0.6) is 0 Å². The summed E-state index contributed by atoms with van der Waals surface area (Å²) in [7, 11) is 0. The highest BCUT2D eigenvalue weighted by molar-refractivity contribution is 5.81. The first-order chi connectivity index (χ1) is 17.6. The van der Waals surface area contributed by atoms with Crippen LogP contribution in [0, 0.1) is 13.8 Å². The molecule has 0 saturated carbocycles. The average Bonchev–Trinajstić information content (AvgIpc) is 2.90. The quantitative estimate of drug-likeness (QED) is 0.266. The lowest BCUT2D eigenvalue weighted by Crippen LogP contribution is -1.97. The van der Waals surface area contributed by atoms with Gasteiger partial charge in [0.15, 0.2) is 0 Å². The minimum atomic E-state index is 0.806. The van der Waals surface area contributed by atoms with Crippen molar-refractivity contribution in [2.45, 2.75) is 39.5 Å². The van der Waals surface area contributed by atoms with Crippen LogP contribution in [0.4, 0.5) is 0 Å². The summed E-state index contributed by atoms with van der Waals surface area (Å²) in [5.41, 5.74) is 9.37. The molecule has 3 aromatic carbocycles. The second kappa shape index (κ2) is 9.46. The van der Waals surface area contributed by atoms with Crippen LogP contribution in [0.2, 0.25) is 0 Å². The summed E-state index contributed by atoms with van der Waals surface area (Å²) < 4.78 is 0. The summed E-state index contributed by atoms with van der Waals surface area (Å²) in [4.78, 5) is 18.5. The van der Waals surface area contributed by atoms with Crippen LogP contribution in [0.25, 0.3) is 32.7 Å². The molecule has 0 saturated heterocycles. The molecular formula is C32H28N4. The number of fused-ring (bicyclic) bond motifs is 3. The lowest BCUT2D eigenvalue weighted by atomic mass is 10.0. The van der Waals surface area contributed by atoms with Gasteiger partial charge in [0.1, 0.15) is 5.82 Å². The normalized spacial score (nSPS) is 11.5.